The molecule has 1 atom stereocenters. The summed E-state index contributed by atoms with van der Waals surface area (Å²) in [5.74, 6) is -0.583. The van der Waals surface area contributed by atoms with Crippen LogP contribution in [0.4, 0.5) is 0 Å². The number of carbonyl (C=O) groups is 1. The maximum Gasteiger partial charge on any atom is 0.229 e. The molecule has 0 aromatic carbocycles. The average Bonchev–Trinajstić information content (AvgIpc) is 2.26. The molecule has 1 amide bonds. The average molecular weight is 237 g/mol. The zero-order chi connectivity index (χ0) is 12.1. The predicted octanol–water partition coefficient (Wildman–Crippen LogP) is 0.928. The van der Waals surface area contributed by atoms with Crippen molar-refractivity contribution in [1.29, 1.82) is 0 Å². The summed E-state index contributed by atoms with van der Waals surface area (Å²) >= 11 is 4.76. The summed E-state index contributed by atoms with van der Waals surface area (Å²) in [4.78, 5) is 15.8. The fraction of sp³-hybridized carbons (Fsp3) is 0.364. The van der Waals surface area contributed by atoms with Gasteiger partial charge >= 0.3 is 0 Å². The number of hydrogen-bond acceptors (Lipinski definition) is 3. The van der Waals surface area contributed by atoms with Crippen LogP contribution in [0.2, 0.25) is 0 Å². The highest BCUT2D eigenvalue weighted by Crippen LogP contribution is 2.05. The van der Waals surface area contributed by atoms with Gasteiger partial charge in [0.1, 0.15) is 0 Å². The minimum atomic E-state index is -0.433. The van der Waals surface area contributed by atoms with Crippen LogP contribution in [0.15, 0.2) is 18.5 Å². The van der Waals surface area contributed by atoms with Crippen molar-refractivity contribution in [3.63, 3.8) is 0 Å². The Morgan fingerprint density at radius 2 is 2.38 bits per heavy atom. The smallest absolute Gasteiger partial charge is 0.229 e. The first kappa shape index (κ1) is 12.6. The molecule has 5 heteroatoms. The quantitative estimate of drug-likeness (QED) is 0.764. The van der Waals surface area contributed by atoms with E-state index in [-0.39, 0.29) is 10.9 Å². The topological polar surface area (TPSA) is 68.0 Å². The van der Waals surface area contributed by atoms with E-state index >= 15 is 0 Å². The van der Waals surface area contributed by atoms with Gasteiger partial charge in [0.15, 0.2) is 0 Å². The number of nitrogens with zero attached hydrogens (tertiary/aromatic N) is 1. The maximum atomic E-state index is 11.6. The lowest BCUT2D eigenvalue weighted by Gasteiger charge is -2.11. The van der Waals surface area contributed by atoms with E-state index in [0.717, 1.165) is 11.1 Å². The second-order valence-corrected chi connectivity index (χ2v) is 4.12. The molecular weight excluding hydrogens is 222 g/mol. The van der Waals surface area contributed by atoms with Crippen LogP contribution >= 0.6 is 12.2 Å². The standard InChI is InChI=1S/C11H15N3OS/c1-7-5-13-4-3-9(7)6-14-11(15)8(2)10(12)16/h3-5,8H,6H2,1-2H3,(H2,12,16)(H,14,15). The summed E-state index contributed by atoms with van der Waals surface area (Å²) in [6.45, 7) is 4.11. The Kier molecular flexibility index (Phi) is 4.37. The van der Waals surface area contributed by atoms with Crippen molar-refractivity contribution < 1.29 is 4.79 Å². The normalized spacial score (nSPS) is 11.9. The van der Waals surface area contributed by atoms with Crippen LogP contribution in [0.3, 0.4) is 0 Å². The number of aromatic nitrogens is 1. The van der Waals surface area contributed by atoms with Gasteiger partial charge in [-0.05, 0) is 31.0 Å². The number of rotatable bonds is 4. The predicted molar refractivity (Wildman–Crippen MR) is 66.8 cm³/mol. The Morgan fingerprint density at radius 3 is 2.94 bits per heavy atom. The van der Waals surface area contributed by atoms with Gasteiger partial charge in [0.2, 0.25) is 5.91 Å². The molecule has 0 bridgehead atoms. The van der Waals surface area contributed by atoms with Crippen molar-refractivity contribution in [2.45, 2.75) is 20.4 Å². The Morgan fingerprint density at radius 1 is 1.69 bits per heavy atom. The van der Waals surface area contributed by atoms with E-state index in [9.17, 15) is 4.79 Å². The number of carbonyl (C=O) groups excluding carboxylic acids is 1. The van der Waals surface area contributed by atoms with E-state index in [4.69, 9.17) is 18.0 Å². The van der Waals surface area contributed by atoms with Gasteiger partial charge < -0.3 is 11.1 Å². The lowest BCUT2D eigenvalue weighted by molar-refractivity contribution is -0.122. The minimum Gasteiger partial charge on any atom is -0.393 e. The molecule has 0 aliphatic heterocycles. The van der Waals surface area contributed by atoms with Gasteiger partial charge in [0.05, 0.1) is 10.9 Å². The third kappa shape index (κ3) is 3.27. The van der Waals surface area contributed by atoms with Gasteiger partial charge in [-0.25, -0.2) is 0 Å². The highest BCUT2D eigenvalue weighted by Gasteiger charge is 2.14. The first-order chi connectivity index (χ1) is 7.52. The highest BCUT2D eigenvalue weighted by atomic mass is 32.1. The summed E-state index contributed by atoms with van der Waals surface area (Å²) in [6.07, 6.45) is 3.46. The van der Waals surface area contributed by atoms with Crippen molar-refractivity contribution >= 4 is 23.1 Å². The van der Waals surface area contributed by atoms with E-state index in [0.29, 0.717) is 6.54 Å². The number of hydrogen-bond donors (Lipinski definition) is 2. The number of nitrogens with two attached hydrogens (primary N) is 1. The van der Waals surface area contributed by atoms with Crippen molar-refractivity contribution in [3.05, 3.63) is 29.6 Å². The number of thiocarbonyl (C=S) groups is 1. The zero-order valence-corrected chi connectivity index (χ0v) is 10.2. The summed E-state index contributed by atoms with van der Waals surface area (Å²) < 4.78 is 0. The summed E-state index contributed by atoms with van der Waals surface area (Å²) in [6, 6.07) is 1.88. The zero-order valence-electron chi connectivity index (χ0n) is 9.36. The van der Waals surface area contributed by atoms with Crippen LogP contribution in [0.5, 0.6) is 0 Å². The molecule has 16 heavy (non-hydrogen) atoms. The van der Waals surface area contributed by atoms with Crippen LogP contribution in [0.25, 0.3) is 0 Å². The maximum absolute atomic E-state index is 11.6. The SMILES string of the molecule is Cc1cnccc1CNC(=O)C(C)C(N)=S. The summed E-state index contributed by atoms with van der Waals surface area (Å²) in [5, 5.41) is 2.79. The third-order valence-corrected chi connectivity index (χ3v) is 2.76. The van der Waals surface area contributed by atoms with E-state index in [1.54, 1.807) is 19.3 Å². The van der Waals surface area contributed by atoms with Crippen LogP contribution in [0.1, 0.15) is 18.1 Å². The fourth-order valence-corrected chi connectivity index (χ4v) is 1.27. The second kappa shape index (κ2) is 5.55. The molecule has 0 aliphatic carbocycles. The Bertz CT molecular complexity index is 406. The van der Waals surface area contributed by atoms with Gasteiger partial charge in [0.25, 0.3) is 0 Å². The molecular formula is C11H15N3OS. The molecule has 1 rings (SSSR count). The van der Waals surface area contributed by atoms with Gasteiger partial charge in [-0.15, -0.1) is 0 Å². The second-order valence-electron chi connectivity index (χ2n) is 3.64. The monoisotopic (exact) mass is 237 g/mol. The summed E-state index contributed by atoms with van der Waals surface area (Å²) in [5.41, 5.74) is 7.48. The molecule has 0 saturated heterocycles. The third-order valence-electron chi connectivity index (χ3n) is 2.41. The van der Waals surface area contributed by atoms with Crippen LogP contribution < -0.4 is 11.1 Å². The molecule has 1 unspecified atom stereocenters. The fourth-order valence-electron chi connectivity index (χ4n) is 1.17. The van der Waals surface area contributed by atoms with E-state index in [2.05, 4.69) is 10.3 Å². The van der Waals surface area contributed by atoms with Crippen LogP contribution in [0, 0.1) is 12.8 Å². The Balaban J connectivity index is 2.56. The van der Waals surface area contributed by atoms with E-state index in [1.807, 2.05) is 13.0 Å². The first-order valence-electron chi connectivity index (χ1n) is 4.99. The van der Waals surface area contributed by atoms with Gasteiger partial charge in [-0.3, -0.25) is 9.78 Å². The number of amides is 1. The lowest BCUT2D eigenvalue weighted by atomic mass is 10.1. The van der Waals surface area contributed by atoms with Crippen molar-refractivity contribution in [1.82, 2.24) is 10.3 Å². The molecule has 0 fully saturated rings. The lowest BCUT2D eigenvalue weighted by Crippen LogP contribution is -2.35. The van der Waals surface area contributed by atoms with E-state index in [1.165, 1.54) is 0 Å². The van der Waals surface area contributed by atoms with Crippen LogP contribution in [-0.2, 0) is 11.3 Å². The molecule has 0 spiro atoms. The molecule has 0 saturated carbocycles. The highest BCUT2D eigenvalue weighted by molar-refractivity contribution is 7.80. The van der Waals surface area contributed by atoms with E-state index < -0.39 is 5.92 Å². The molecule has 1 heterocycles. The van der Waals surface area contributed by atoms with Gasteiger partial charge in [-0.1, -0.05) is 12.2 Å². The van der Waals surface area contributed by atoms with Crippen molar-refractivity contribution in [2.75, 3.05) is 0 Å². The Labute approximate surface area is 100 Å². The largest absolute Gasteiger partial charge is 0.393 e. The molecule has 0 aliphatic rings. The number of nitrogens with one attached hydrogen (secondary N) is 1. The number of pyridine rings is 1. The molecule has 1 aromatic rings. The van der Waals surface area contributed by atoms with Gasteiger partial charge in [0, 0.05) is 18.9 Å². The first-order valence-corrected chi connectivity index (χ1v) is 5.39. The molecule has 0 radical (unpaired) electrons. The summed E-state index contributed by atoms with van der Waals surface area (Å²) in [7, 11) is 0. The van der Waals surface area contributed by atoms with Crippen molar-refractivity contribution in [2.24, 2.45) is 11.7 Å². The molecule has 4 nitrogen and oxygen atoms in total. The Hall–Kier alpha value is -1.49. The minimum absolute atomic E-state index is 0.149. The molecule has 86 valence electrons. The van der Waals surface area contributed by atoms with Crippen molar-refractivity contribution in [3.8, 4) is 0 Å². The molecule has 3 N–H and O–H groups in total. The molecule has 1 aromatic heterocycles. The van der Waals surface area contributed by atoms with Crippen LogP contribution in [-0.4, -0.2) is 15.9 Å². The van der Waals surface area contributed by atoms with Gasteiger partial charge in [-0.2, -0.15) is 0 Å². The number of aryl methyl sites for hydroxylation is 1.